The van der Waals surface area contributed by atoms with Crippen LogP contribution in [0.15, 0.2) is 41.6 Å². The number of carbonyl (C=O) groups excluding carboxylic acids is 1. The van der Waals surface area contributed by atoms with Crippen LogP contribution in [0.4, 0.5) is 5.82 Å². The van der Waals surface area contributed by atoms with Gasteiger partial charge >= 0.3 is 0 Å². The van der Waals surface area contributed by atoms with Gasteiger partial charge in [0.2, 0.25) is 5.91 Å². The first kappa shape index (κ1) is 19.0. The Hall–Kier alpha value is -1.79. The smallest absolute Gasteiger partial charge is 0.230 e. The number of hydrogen-bond acceptors (Lipinski definition) is 5. The average molecular weight is 391 g/mol. The number of hydrogen-bond donors (Lipinski definition) is 1. The number of carbonyl (C=O) groups is 1. The van der Waals surface area contributed by atoms with Gasteiger partial charge in [0, 0.05) is 25.7 Å². The Morgan fingerprint density at radius 3 is 2.69 bits per heavy atom. The van der Waals surface area contributed by atoms with Gasteiger partial charge in [0.25, 0.3) is 0 Å². The van der Waals surface area contributed by atoms with Gasteiger partial charge < -0.3 is 10.2 Å². The molecular formula is C19H23ClN4OS. The van der Waals surface area contributed by atoms with Crippen LogP contribution in [0.2, 0.25) is 5.15 Å². The first-order chi connectivity index (χ1) is 12.7. The predicted molar refractivity (Wildman–Crippen MR) is 107 cm³/mol. The minimum absolute atomic E-state index is 0.0194. The number of anilines is 1. The van der Waals surface area contributed by atoms with Crippen molar-refractivity contribution in [3.63, 3.8) is 0 Å². The highest BCUT2D eigenvalue weighted by Crippen LogP contribution is 2.24. The second kappa shape index (κ2) is 9.78. The molecule has 5 nitrogen and oxygen atoms in total. The van der Waals surface area contributed by atoms with Gasteiger partial charge in [-0.3, -0.25) is 4.79 Å². The Morgan fingerprint density at radius 2 is 1.92 bits per heavy atom. The lowest BCUT2D eigenvalue weighted by molar-refractivity contribution is -0.118. The number of benzene rings is 1. The lowest BCUT2D eigenvalue weighted by atomic mass is 10.1. The van der Waals surface area contributed by atoms with E-state index in [0.717, 1.165) is 25.3 Å². The normalized spacial score (nSPS) is 14.3. The highest BCUT2D eigenvalue weighted by Gasteiger charge is 2.15. The first-order valence-electron chi connectivity index (χ1n) is 8.94. The van der Waals surface area contributed by atoms with Crippen molar-refractivity contribution in [3.05, 3.63) is 47.1 Å². The second-order valence-corrected chi connectivity index (χ2v) is 7.58. The molecule has 1 fully saturated rings. The maximum absolute atomic E-state index is 12.0. The number of aromatic nitrogens is 2. The average Bonchev–Trinajstić information content (AvgIpc) is 2.67. The van der Waals surface area contributed by atoms with E-state index in [1.807, 2.05) is 18.2 Å². The molecule has 0 bridgehead atoms. The second-order valence-electron chi connectivity index (χ2n) is 6.25. The third kappa shape index (κ3) is 5.88. The molecule has 0 unspecified atom stereocenters. The molecule has 1 aliphatic heterocycles. The summed E-state index contributed by atoms with van der Waals surface area (Å²) < 4.78 is 0. The van der Waals surface area contributed by atoms with Crippen LogP contribution in [-0.4, -0.2) is 41.3 Å². The first-order valence-corrected chi connectivity index (χ1v) is 10.3. The van der Waals surface area contributed by atoms with E-state index in [0.29, 0.717) is 16.9 Å². The third-order valence-electron chi connectivity index (χ3n) is 4.25. The highest BCUT2D eigenvalue weighted by molar-refractivity contribution is 7.99. The zero-order valence-corrected chi connectivity index (χ0v) is 16.2. The minimum Gasteiger partial charge on any atom is -0.356 e. The van der Waals surface area contributed by atoms with Gasteiger partial charge in [0.05, 0.1) is 5.75 Å². The molecule has 7 heteroatoms. The van der Waals surface area contributed by atoms with Crippen molar-refractivity contribution in [3.8, 4) is 0 Å². The summed E-state index contributed by atoms with van der Waals surface area (Å²) in [6.07, 6.45) is 4.44. The highest BCUT2D eigenvalue weighted by atomic mass is 35.5. The fourth-order valence-electron chi connectivity index (χ4n) is 2.91. The maximum Gasteiger partial charge on any atom is 0.230 e. The Kier molecular flexibility index (Phi) is 7.14. The van der Waals surface area contributed by atoms with Gasteiger partial charge in [-0.2, -0.15) is 0 Å². The van der Waals surface area contributed by atoms with Gasteiger partial charge in [-0.15, -0.1) is 0 Å². The van der Waals surface area contributed by atoms with E-state index in [1.54, 1.807) is 6.07 Å². The molecule has 0 spiro atoms. The Balaban J connectivity index is 1.47. The van der Waals surface area contributed by atoms with Crippen molar-refractivity contribution in [1.82, 2.24) is 15.3 Å². The molecule has 1 aliphatic rings. The fourth-order valence-corrected chi connectivity index (χ4v) is 3.82. The standard InChI is InChI=1S/C19H23ClN4OS/c20-16-13-17(24-11-5-2-6-12-24)23-19(22-16)26-14-18(25)21-10-9-15-7-3-1-4-8-15/h1,3-4,7-8,13H,2,5-6,9-12,14H2,(H,21,25). The Bertz CT molecular complexity index is 723. The number of piperidine rings is 1. The van der Waals surface area contributed by atoms with Gasteiger partial charge in [-0.05, 0) is 31.2 Å². The molecule has 2 heterocycles. The zero-order chi connectivity index (χ0) is 18.2. The van der Waals surface area contributed by atoms with Gasteiger partial charge in [-0.1, -0.05) is 53.7 Å². The molecule has 138 valence electrons. The molecule has 1 amide bonds. The van der Waals surface area contributed by atoms with Gasteiger partial charge in [0.1, 0.15) is 11.0 Å². The van der Waals surface area contributed by atoms with Crippen LogP contribution in [0, 0.1) is 0 Å². The van der Waals surface area contributed by atoms with Crippen LogP contribution >= 0.6 is 23.4 Å². The summed E-state index contributed by atoms with van der Waals surface area (Å²) in [5, 5.41) is 3.91. The van der Waals surface area contributed by atoms with Crippen molar-refractivity contribution in [1.29, 1.82) is 0 Å². The van der Waals surface area contributed by atoms with E-state index in [9.17, 15) is 4.79 Å². The number of nitrogens with zero attached hydrogens (tertiary/aromatic N) is 3. The number of rotatable bonds is 7. The molecular weight excluding hydrogens is 368 g/mol. The van der Waals surface area contributed by atoms with Crippen LogP contribution in [0.3, 0.4) is 0 Å². The summed E-state index contributed by atoms with van der Waals surface area (Å²) in [6.45, 7) is 2.62. The van der Waals surface area contributed by atoms with Gasteiger partial charge in [0.15, 0.2) is 5.16 Å². The number of nitrogens with one attached hydrogen (secondary N) is 1. The van der Waals surface area contributed by atoms with Crippen LogP contribution in [0.25, 0.3) is 0 Å². The van der Waals surface area contributed by atoms with E-state index >= 15 is 0 Å². The molecule has 0 saturated carbocycles. The Labute approximate surface area is 163 Å². The van der Waals surface area contributed by atoms with Crippen LogP contribution in [-0.2, 0) is 11.2 Å². The lowest BCUT2D eigenvalue weighted by Crippen LogP contribution is -2.30. The Morgan fingerprint density at radius 1 is 1.15 bits per heavy atom. The fraction of sp³-hybridized carbons (Fsp3) is 0.421. The largest absolute Gasteiger partial charge is 0.356 e. The number of thioether (sulfide) groups is 1. The van der Waals surface area contributed by atoms with E-state index < -0.39 is 0 Å². The van der Waals surface area contributed by atoms with Crippen molar-refractivity contribution >= 4 is 35.1 Å². The summed E-state index contributed by atoms with van der Waals surface area (Å²) in [5.41, 5.74) is 1.21. The molecule has 1 aromatic heterocycles. The molecule has 0 aliphatic carbocycles. The molecule has 1 saturated heterocycles. The zero-order valence-electron chi connectivity index (χ0n) is 14.7. The molecule has 0 radical (unpaired) electrons. The van der Waals surface area contributed by atoms with E-state index in [1.165, 1.54) is 36.6 Å². The van der Waals surface area contributed by atoms with E-state index in [4.69, 9.17) is 11.6 Å². The van der Waals surface area contributed by atoms with E-state index in [-0.39, 0.29) is 11.7 Å². The summed E-state index contributed by atoms with van der Waals surface area (Å²) in [4.78, 5) is 23.1. The SMILES string of the molecule is O=C(CSc1nc(Cl)cc(N2CCCCC2)n1)NCCc1ccccc1. The van der Waals surface area contributed by atoms with Crippen molar-refractivity contribution < 1.29 is 4.79 Å². The summed E-state index contributed by atoms with van der Waals surface area (Å²) in [7, 11) is 0. The third-order valence-corrected chi connectivity index (χ3v) is 5.29. The lowest BCUT2D eigenvalue weighted by Gasteiger charge is -2.27. The molecule has 1 N–H and O–H groups in total. The van der Waals surface area contributed by atoms with Crippen LogP contribution < -0.4 is 10.2 Å². The van der Waals surface area contributed by atoms with Crippen LogP contribution in [0.1, 0.15) is 24.8 Å². The number of halogens is 1. The molecule has 3 rings (SSSR count). The summed E-state index contributed by atoms with van der Waals surface area (Å²) in [6, 6.07) is 11.9. The van der Waals surface area contributed by atoms with Crippen molar-refractivity contribution in [2.45, 2.75) is 30.8 Å². The molecule has 1 aromatic carbocycles. The summed E-state index contributed by atoms with van der Waals surface area (Å²) >= 11 is 7.47. The van der Waals surface area contributed by atoms with Crippen LogP contribution in [0.5, 0.6) is 0 Å². The summed E-state index contributed by atoms with van der Waals surface area (Å²) in [5.74, 6) is 1.12. The quantitative estimate of drug-likeness (QED) is 0.445. The molecule has 26 heavy (non-hydrogen) atoms. The van der Waals surface area contributed by atoms with Crippen molar-refractivity contribution in [2.75, 3.05) is 30.3 Å². The van der Waals surface area contributed by atoms with E-state index in [2.05, 4.69) is 32.3 Å². The predicted octanol–water partition coefficient (Wildman–Crippen LogP) is 3.57. The molecule has 0 atom stereocenters. The molecule has 2 aromatic rings. The topological polar surface area (TPSA) is 58.1 Å². The minimum atomic E-state index is -0.0194. The maximum atomic E-state index is 12.0. The van der Waals surface area contributed by atoms with Crippen molar-refractivity contribution in [2.24, 2.45) is 0 Å². The monoisotopic (exact) mass is 390 g/mol. The number of amides is 1. The van der Waals surface area contributed by atoms with Gasteiger partial charge in [-0.25, -0.2) is 9.97 Å².